The van der Waals surface area contributed by atoms with Crippen LogP contribution in [-0.2, 0) is 4.79 Å². The van der Waals surface area contributed by atoms with Gasteiger partial charge in [-0.25, -0.2) is 14.4 Å². The number of nitrogens with zero attached hydrogens (tertiary/aromatic N) is 3. The zero-order chi connectivity index (χ0) is 14.7. The molecule has 0 saturated carbocycles. The van der Waals surface area contributed by atoms with E-state index < -0.39 is 0 Å². The maximum absolute atomic E-state index is 13.1. The van der Waals surface area contributed by atoms with Gasteiger partial charge >= 0.3 is 0 Å². The molecule has 1 aromatic carbocycles. The van der Waals surface area contributed by atoms with Crippen molar-refractivity contribution in [2.75, 3.05) is 18.1 Å². The molecule has 2 heterocycles. The van der Waals surface area contributed by atoms with E-state index >= 15 is 0 Å². The van der Waals surface area contributed by atoms with E-state index in [1.54, 1.807) is 18.5 Å². The Hall–Kier alpha value is -2.15. The Morgan fingerprint density at radius 1 is 1.29 bits per heavy atom. The van der Waals surface area contributed by atoms with Gasteiger partial charge in [0.05, 0.1) is 24.7 Å². The molecule has 0 aliphatic carbocycles. The van der Waals surface area contributed by atoms with Crippen LogP contribution >= 0.6 is 11.8 Å². The fourth-order valence-corrected chi connectivity index (χ4v) is 2.71. The number of halogens is 1. The minimum atomic E-state index is -0.277. The van der Waals surface area contributed by atoms with Crippen molar-refractivity contribution in [1.82, 2.24) is 15.3 Å². The lowest BCUT2D eigenvalue weighted by molar-refractivity contribution is -0.121. The van der Waals surface area contributed by atoms with Gasteiger partial charge in [-0.3, -0.25) is 4.79 Å². The van der Waals surface area contributed by atoms with Crippen molar-refractivity contribution in [3.63, 3.8) is 0 Å². The molecule has 1 aromatic heterocycles. The third-order valence-electron chi connectivity index (χ3n) is 3.06. The topological polar surface area (TPSA) is 58.1 Å². The zero-order valence-corrected chi connectivity index (χ0v) is 11.9. The molecule has 2 aromatic rings. The van der Waals surface area contributed by atoms with Crippen molar-refractivity contribution in [3.05, 3.63) is 42.5 Å². The van der Waals surface area contributed by atoms with Gasteiger partial charge < -0.3 is 10.2 Å². The highest BCUT2D eigenvalue weighted by Gasteiger charge is 2.16. The molecule has 1 fully saturated rings. The summed E-state index contributed by atoms with van der Waals surface area (Å²) in [7, 11) is 0. The van der Waals surface area contributed by atoms with E-state index in [4.69, 9.17) is 0 Å². The van der Waals surface area contributed by atoms with Crippen LogP contribution < -0.4 is 10.2 Å². The normalized spacial score (nSPS) is 14.9. The summed E-state index contributed by atoms with van der Waals surface area (Å²) in [6.45, 7) is 1.13. The van der Waals surface area contributed by atoms with Crippen LogP contribution in [0.2, 0.25) is 0 Å². The van der Waals surface area contributed by atoms with E-state index in [-0.39, 0.29) is 11.7 Å². The predicted octanol–water partition coefficient (Wildman–Crippen LogP) is 2.05. The number of hydrogen-bond acceptors (Lipinski definition) is 5. The quantitative estimate of drug-likeness (QED) is 0.880. The number of nitrogens with one attached hydrogen (secondary N) is 1. The van der Waals surface area contributed by atoms with Crippen LogP contribution in [0, 0.1) is 5.82 Å². The molecule has 0 unspecified atom stereocenters. The van der Waals surface area contributed by atoms with Gasteiger partial charge in [0, 0.05) is 17.9 Å². The minimum absolute atomic E-state index is 0.0606. The highest BCUT2D eigenvalue weighted by atomic mass is 32.2. The Balaban J connectivity index is 1.68. The van der Waals surface area contributed by atoms with Crippen LogP contribution in [0.1, 0.15) is 6.42 Å². The Kier molecular flexibility index (Phi) is 4.01. The number of aromatic nitrogens is 2. The van der Waals surface area contributed by atoms with E-state index in [1.807, 2.05) is 11.0 Å². The lowest BCUT2D eigenvalue weighted by atomic mass is 10.3. The molecule has 7 heteroatoms. The summed E-state index contributed by atoms with van der Waals surface area (Å²) in [4.78, 5) is 22.4. The Morgan fingerprint density at radius 3 is 2.76 bits per heavy atom. The average molecular weight is 304 g/mol. The molecule has 1 aliphatic rings. The highest BCUT2D eigenvalue weighted by molar-refractivity contribution is 7.99. The van der Waals surface area contributed by atoms with Crippen LogP contribution in [0.15, 0.2) is 46.7 Å². The first kappa shape index (κ1) is 13.8. The Morgan fingerprint density at radius 2 is 2.10 bits per heavy atom. The predicted molar refractivity (Wildman–Crippen MR) is 77.5 cm³/mol. The number of carbonyl (C=O) groups is 1. The summed E-state index contributed by atoms with van der Waals surface area (Å²) in [6, 6.07) is 6.31. The number of rotatable bonds is 3. The number of carbonyl (C=O) groups excluding carboxylic acids is 1. The minimum Gasteiger partial charge on any atom is -0.351 e. The van der Waals surface area contributed by atoms with E-state index in [2.05, 4.69) is 15.3 Å². The summed E-state index contributed by atoms with van der Waals surface area (Å²) < 4.78 is 13.1. The maximum atomic E-state index is 13.1. The number of anilines is 1. The van der Waals surface area contributed by atoms with Gasteiger partial charge in [-0.15, -0.1) is 0 Å². The van der Waals surface area contributed by atoms with Crippen LogP contribution in [-0.4, -0.2) is 29.1 Å². The molecule has 3 rings (SSSR count). The lowest BCUT2D eigenvalue weighted by Crippen LogP contribution is -2.45. The van der Waals surface area contributed by atoms with Crippen molar-refractivity contribution in [3.8, 4) is 0 Å². The van der Waals surface area contributed by atoms with Gasteiger partial charge in [0.2, 0.25) is 5.91 Å². The molecular weight excluding hydrogens is 291 g/mol. The Labute approximate surface area is 125 Å². The fraction of sp³-hybridized carbons (Fsp3) is 0.214. The molecule has 0 atom stereocenters. The molecule has 1 amide bonds. The van der Waals surface area contributed by atoms with Crippen LogP contribution in [0.5, 0.6) is 0 Å². The third-order valence-corrected chi connectivity index (χ3v) is 3.94. The first-order chi connectivity index (χ1) is 10.2. The van der Waals surface area contributed by atoms with Crippen molar-refractivity contribution in [1.29, 1.82) is 0 Å². The molecule has 5 nitrogen and oxygen atoms in total. The van der Waals surface area contributed by atoms with Gasteiger partial charge in [-0.2, -0.15) is 0 Å². The lowest BCUT2D eigenvalue weighted by Gasteiger charge is -2.28. The summed E-state index contributed by atoms with van der Waals surface area (Å²) >= 11 is 1.31. The highest BCUT2D eigenvalue weighted by Crippen LogP contribution is 2.25. The summed E-state index contributed by atoms with van der Waals surface area (Å²) in [5.41, 5.74) is 0.860. The molecule has 1 N–H and O–H groups in total. The van der Waals surface area contributed by atoms with Crippen molar-refractivity contribution >= 4 is 23.4 Å². The first-order valence-corrected chi connectivity index (χ1v) is 7.29. The van der Waals surface area contributed by atoms with Gasteiger partial charge in [-0.05, 0) is 30.0 Å². The largest absolute Gasteiger partial charge is 0.351 e. The first-order valence-electron chi connectivity index (χ1n) is 6.48. The smallest absolute Gasteiger partial charge is 0.223 e. The van der Waals surface area contributed by atoms with E-state index in [1.165, 1.54) is 23.9 Å². The van der Waals surface area contributed by atoms with E-state index in [9.17, 15) is 9.18 Å². The van der Waals surface area contributed by atoms with Gasteiger partial charge in [0.15, 0.2) is 5.16 Å². The molecule has 0 spiro atoms. The number of benzene rings is 1. The standard InChI is InChI=1S/C14H13FN4OS/c15-10-2-1-3-12(6-10)21-14-16-7-11(8-17-14)19-5-4-13(20)18-9-19/h1-3,6-8H,4-5,9H2,(H,18,20). The molecule has 108 valence electrons. The Bertz CT molecular complexity index is 640. The molecule has 1 aliphatic heterocycles. The van der Waals surface area contributed by atoms with Gasteiger partial charge in [0.1, 0.15) is 5.82 Å². The second-order valence-electron chi connectivity index (χ2n) is 4.55. The second kappa shape index (κ2) is 6.09. The third kappa shape index (κ3) is 3.49. The average Bonchev–Trinajstić information content (AvgIpc) is 2.49. The summed E-state index contributed by atoms with van der Waals surface area (Å²) in [6.07, 6.45) is 3.90. The van der Waals surface area contributed by atoms with Crippen molar-refractivity contribution in [2.45, 2.75) is 16.5 Å². The molecular formula is C14H13FN4OS. The zero-order valence-electron chi connectivity index (χ0n) is 11.1. The monoisotopic (exact) mass is 304 g/mol. The second-order valence-corrected chi connectivity index (χ2v) is 5.60. The van der Waals surface area contributed by atoms with Crippen molar-refractivity contribution in [2.24, 2.45) is 0 Å². The molecule has 0 bridgehead atoms. The molecule has 1 saturated heterocycles. The van der Waals surface area contributed by atoms with Crippen LogP contribution in [0.25, 0.3) is 0 Å². The van der Waals surface area contributed by atoms with Crippen molar-refractivity contribution < 1.29 is 9.18 Å². The summed E-state index contributed by atoms with van der Waals surface area (Å²) in [5.74, 6) is -0.217. The molecule has 21 heavy (non-hydrogen) atoms. The van der Waals surface area contributed by atoms with Gasteiger partial charge in [0.25, 0.3) is 0 Å². The number of hydrogen-bond donors (Lipinski definition) is 1. The van der Waals surface area contributed by atoms with Gasteiger partial charge in [-0.1, -0.05) is 6.07 Å². The maximum Gasteiger partial charge on any atom is 0.223 e. The fourth-order valence-electron chi connectivity index (χ4n) is 1.97. The molecule has 0 radical (unpaired) electrons. The number of amides is 1. The van der Waals surface area contributed by atoms with Crippen LogP contribution in [0.4, 0.5) is 10.1 Å². The van der Waals surface area contributed by atoms with Crippen LogP contribution in [0.3, 0.4) is 0 Å². The summed E-state index contributed by atoms with van der Waals surface area (Å²) in [5, 5.41) is 3.34. The SMILES string of the molecule is O=C1CCN(c2cnc(Sc3cccc(F)c3)nc2)CN1. The van der Waals surface area contributed by atoms with E-state index in [0.717, 1.165) is 10.6 Å². The van der Waals surface area contributed by atoms with E-state index in [0.29, 0.717) is 24.8 Å².